The zero-order valence-corrected chi connectivity index (χ0v) is 14.7. The van der Waals surface area contributed by atoms with Crippen molar-refractivity contribution in [3.63, 3.8) is 0 Å². The van der Waals surface area contributed by atoms with Crippen LogP contribution in [0.3, 0.4) is 0 Å². The molecule has 0 aromatic heterocycles. The first kappa shape index (κ1) is 21.8. The van der Waals surface area contributed by atoms with Crippen LogP contribution in [0.15, 0.2) is 24.1 Å². The first-order valence-corrected chi connectivity index (χ1v) is 8.88. The lowest BCUT2D eigenvalue weighted by molar-refractivity contribution is -0.140. The Morgan fingerprint density at radius 1 is 1.13 bits per heavy atom. The number of hydrogen-bond donors (Lipinski definition) is 1. The molecule has 3 nitrogen and oxygen atoms in total. The summed E-state index contributed by atoms with van der Waals surface area (Å²) in [6.45, 7) is 2.11. The SMILES string of the molecule is CCCCC[C@H](O)/C=C/C(F)=C\CCCCCCCC(=O)OC. The van der Waals surface area contributed by atoms with E-state index in [9.17, 15) is 14.3 Å². The zero-order valence-electron chi connectivity index (χ0n) is 14.7. The van der Waals surface area contributed by atoms with Gasteiger partial charge in [0.1, 0.15) is 5.83 Å². The number of aliphatic hydroxyl groups is 1. The first-order valence-electron chi connectivity index (χ1n) is 8.88. The van der Waals surface area contributed by atoms with E-state index in [1.165, 1.54) is 19.3 Å². The summed E-state index contributed by atoms with van der Waals surface area (Å²) in [7, 11) is 1.40. The molecule has 0 aliphatic heterocycles. The summed E-state index contributed by atoms with van der Waals surface area (Å²) in [4.78, 5) is 10.9. The number of allylic oxidation sites excluding steroid dienone is 3. The normalized spacial score (nSPS) is 13.5. The molecule has 0 aromatic rings. The minimum absolute atomic E-state index is 0.154. The van der Waals surface area contributed by atoms with Crippen molar-refractivity contribution in [2.45, 2.75) is 83.7 Å². The number of carbonyl (C=O) groups excluding carboxylic acids is 1. The maximum atomic E-state index is 13.5. The van der Waals surface area contributed by atoms with E-state index in [4.69, 9.17) is 0 Å². The Kier molecular flexibility index (Phi) is 14.9. The molecule has 0 bridgehead atoms. The Hall–Kier alpha value is -1.16. The number of esters is 1. The Balaban J connectivity index is 3.60. The topological polar surface area (TPSA) is 46.5 Å². The molecule has 1 N–H and O–H groups in total. The lowest BCUT2D eigenvalue weighted by atomic mass is 10.1. The fourth-order valence-electron chi connectivity index (χ4n) is 2.26. The Morgan fingerprint density at radius 2 is 1.83 bits per heavy atom. The molecular formula is C19H33FO3. The predicted octanol–water partition coefficient (Wildman–Crippen LogP) is 5.24. The molecule has 0 aromatic carbocycles. The van der Waals surface area contributed by atoms with E-state index in [1.54, 1.807) is 6.08 Å². The molecular weight excluding hydrogens is 295 g/mol. The molecule has 0 amide bonds. The molecule has 0 spiro atoms. The van der Waals surface area contributed by atoms with E-state index in [0.717, 1.165) is 51.4 Å². The maximum Gasteiger partial charge on any atom is 0.305 e. The van der Waals surface area contributed by atoms with Crippen molar-refractivity contribution in [2.75, 3.05) is 7.11 Å². The maximum absolute atomic E-state index is 13.5. The summed E-state index contributed by atoms with van der Waals surface area (Å²) < 4.78 is 18.1. The smallest absolute Gasteiger partial charge is 0.305 e. The quantitative estimate of drug-likeness (QED) is 0.269. The molecule has 0 rings (SSSR count). The van der Waals surface area contributed by atoms with E-state index in [-0.39, 0.29) is 11.8 Å². The average molecular weight is 328 g/mol. The van der Waals surface area contributed by atoms with Crippen molar-refractivity contribution in [1.29, 1.82) is 0 Å². The van der Waals surface area contributed by atoms with E-state index < -0.39 is 6.10 Å². The number of unbranched alkanes of at least 4 members (excludes halogenated alkanes) is 7. The second-order valence-corrected chi connectivity index (χ2v) is 5.89. The molecule has 0 heterocycles. The highest BCUT2D eigenvalue weighted by Gasteiger charge is 2.00. The Labute approximate surface area is 140 Å². The van der Waals surface area contributed by atoms with E-state index in [2.05, 4.69) is 11.7 Å². The van der Waals surface area contributed by atoms with E-state index >= 15 is 0 Å². The van der Waals surface area contributed by atoms with Crippen molar-refractivity contribution in [3.8, 4) is 0 Å². The third-order valence-electron chi connectivity index (χ3n) is 3.73. The number of rotatable bonds is 14. The van der Waals surface area contributed by atoms with Gasteiger partial charge in [0.25, 0.3) is 0 Å². The Morgan fingerprint density at radius 3 is 2.52 bits per heavy atom. The van der Waals surface area contributed by atoms with Crippen molar-refractivity contribution >= 4 is 5.97 Å². The molecule has 23 heavy (non-hydrogen) atoms. The fourth-order valence-corrected chi connectivity index (χ4v) is 2.26. The molecule has 134 valence electrons. The largest absolute Gasteiger partial charge is 0.469 e. The third kappa shape index (κ3) is 15.5. The predicted molar refractivity (Wildman–Crippen MR) is 92.8 cm³/mol. The number of carbonyl (C=O) groups is 1. The van der Waals surface area contributed by atoms with Crippen molar-refractivity contribution in [2.24, 2.45) is 0 Å². The monoisotopic (exact) mass is 328 g/mol. The van der Waals surface area contributed by atoms with Gasteiger partial charge < -0.3 is 9.84 Å². The molecule has 0 fully saturated rings. The summed E-state index contributed by atoms with van der Waals surface area (Å²) in [6, 6.07) is 0. The van der Waals surface area contributed by atoms with Gasteiger partial charge in [-0.05, 0) is 37.8 Å². The van der Waals surface area contributed by atoms with Gasteiger partial charge in [0.05, 0.1) is 13.2 Å². The summed E-state index contributed by atoms with van der Waals surface area (Å²) >= 11 is 0. The van der Waals surface area contributed by atoms with Crippen LogP contribution in [-0.4, -0.2) is 24.3 Å². The molecule has 0 aliphatic rings. The van der Waals surface area contributed by atoms with Crippen molar-refractivity contribution < 1.29 is 19.0 Å². The van der Waals surface area contributed by atoms with Crippen LogP contribution < -0.4 is 0 Å². The number of methoxy groups -OCH3 is 1. The van der Waals surface area contributed by atoms with Gasteiger partial charge in [0.15, 0.2) is 0 Å². The van der Waals surface area contributed by atoms with Crippen LogP contribution >= 0.6 is 0 Å². The van der Waals surface area contributed by atoms with Crippen LogP contribution in [0.1, 0.15) is 77.6 Å². The number of hydrogen-bond acceptors (Lipinski definition) is 3. The second-order valence-electron chi connectivity index (χ2n) is 5.89. The number of ether oxygens (including phenoxy) is 1. The number of aliphatic hydroxyl groups excluding tert-OH is 1. The van der Waals surface area contributed by atoms with Gasteiger partial charge in [-0.25, -0.2) is 4.39 Å². The summed E-state index contributed by atoms with van der Waals surface area (Å²) in [5.41, 5.74) is 0. The average Bonchev–Trinajstić information content (AvgIpc) is 2.55. The highest BCUT2D eigenvalue weighted by molar-refractivity contribution is 5.68. The first-order chi connectivity index (χ1) is 11.1. The van der Waals surface area contributed by atoms with Crippen LogP contribution in [0.25, 0.3) is 0 Å². The fraction of sp³-hybridized carbons (Fsp3) is 0.737. The lowest BCUT2D eigenvalue weighted by Gasteiger charge is -2.03. The molecule has 1 atom stereocenters. The summed E-state index contributed by atoms with van der Waals surface area (Å²) in [6.07, 6.45) is 13.9. The van der Waals surface area contributed by atoms with Crippen LogP contribution in [-0.2, 0) is 9.53 Å². The van der Waals surface area contributed by atoms with Crippen LogP contribution in [0.2, 0.25) is 0 Å². The van der Waals surface area contributed by atoms with Crippen LogP contribution in [0.4, 0.5) is 4.39 Å². The van der Waals surface area contributed by atoms with E-state index in [0.29, 0.717) is 19.3 Å². The zero-order chi connectivity index (χ0) is 17.3. The standard InChI is InChI=1S/C19H33FO3/c1-3-4-9-13-18(21)16-15-17(20)12-10-7-5-6-8-11-14-19(22)23-2/h12,15-16,18,21H,3-11,13-14H2,1-2H3/b16-15+,17-12+/t18-/m0/s1. The Bertz CT molecular complexity index is 351. The van der Waals surface area contributed by atoms with Gasteiger partial charge in [0.2, 0.25) is 0 Å². The summed E-state index contributed by atoms with van der Waals surface area (Å²) in [5, 5.41) is 9.66. The highest BCUT2D eigenvalue weighted by atomic mass is 19.1. The molecule has 0 aliphatic carbocycles. The van der Waals surface area contributed by atoms with Crippen LogP contribution in [0.5, 0.6) is 0 Å². The lowest BCUT2D eigenvalue weighted by Crippen LogP contribution is -2.01. The van der Waals surface area contributed by atoms with Crippen molar-refractivity contribution in [1.82, 2.24) is 0 Å². The van der Waals surface area contributed by atoms with Crippen LogP contribution in [0, 0.1) is 0 Å². The van der Waals surface area contributed by atoms with Gasteiger partial charge in [-0.3, -0.25) is 4.79 Å². The van der Waals surface area contributed by atoms with Gasteiger partial charge in [-0.1, -0.05) is 51.5 Å². The molecule has 0 saturated heterocycles. The highest BCUT2D eigenvalue weighted by Crippen LogP contribution is 2.11. The summed E-state index contributed by atoms with van der Waals surface area (Å²) in [5.74, 6) is -0.427. The minimum atomic E-state index is -0.546. The van der Waals surface area contributed by atoms with E-state index in [1.807, 2.05) is 0 Å². The second kappa shape index (κ2) is 15.7. The molecule has 0 saturated carbocycles. The van der Waals surface area contributed by atoms with Gasteiger partial charge in [0, 0.05) is 6.42 Å². The molecule has 4 heteroatoms. The third-order valence-corrected chi connectivity index (χ3v) is 3.73. The van der Waals surface area contributed by atoms with Gasteiger partial charge in [-0.15, -0.1) is 0 Å². The van der Waals surface area contributed by atoms with Crippen molar-refractivity contribution in [3.05, 3.63) is 24.1 Å². The minimum Gasteiger partial charge on any atom is -0.469 e. The molecule has 0 radical (unpaired) electrons. The van der Waals surface area contributed by atoms with Gasteiger partial charge in [-0.2, -0.15) is 0 Å². The van der Waals surface area contributed by atoms with Gasteiger partial charge >= 0.3 is 5.97 Å². The number of halogens is 1. The molecule has 0 unspecified atom stereocenters.